The smallest absolute Gasteiger partial charge is 0.256 e. The van der Waals surface area contributed by atoms with Crippen LogP contribution in [0.4, 0.5) is 17.3 Å². The van der Waals surface area contributed by atoms with Gasteiger partial charge in [-0.3, -0.25) is 4.79 Å². The summed E-state index contributed by atoms with van der Waals surface area (Å²) in [5.41, 5.74) is 3.76. The van der Waals surface area contributed by atoms with Crippen LogP contribution in [0.1, 0.15) is 67.2 Å². The van der Waals surface area contributed by atoms with Gasteiger partial charge in [-0.05, 0) is 51.8 Å². The first-order chi connectivity index (χ1) is 20.9. The molecule has 3 aliphatic rings. The number of hydrogen-bond donors (Lipinski definition) is 2. The van der Waals surface area contributed by atoms with E-state index in [0.717, 1.165) is 80.4 Å². The number of aromatic nitrogens is 3. The van der Waals surface area contributed by atoms with E-state index in [1.54, 1.807) is 6.26 Å². The van der Waals surface area contributed by atoms with Gasteiger partial charge >= 0.3 is 0 Å². The molecule has 6 rings (SSSR count). The highest BCUT2D eigenvalue weighted by molar-refractivity contribution is 7.85. The zero-order valence-corrected chi connectivity index (χ0v) is 27.0. The van der Waals surface area contributed by atoms with E-state index in [0.29, 0.717) is 37.1 Å². The van der Waals surface area contributed by atoms with Gasteiger partial charge in [0.1, 0.15) is 22.6 Å². The summed E-state index contributed by atoms with van der Waals surface area (Å²) in [6.45, 7) is 11.4. The predicted molar refractivity (Wildman–Crippen MR) is 174 cm³/mol. The van der Waals surface area contributed by atoms with Crippen molar-refractivity contribution in [3.05, 3.63) is 47.2 Å². The summed E-state index contributed by atoms with van der Waals surface area (Å²) in [7, 11) is 0.727. The Morgan fingerprint density at radius 2 is 1.81 bits per heavy atom. The molecule has 3 aliphatic heterocycles. The summed E-state index contributed by atoms with van der Waals surface area (Å²) in [5, 5.41) is 8.51. The molecule has 3 aromatic rings. The van der Waals surface area contributed by atoms with E-state index < -0.39 is 11.0 Å². The lowest BCUT2D eigenvalue weighted by atomic mass is 9.97. The first-order valence-electron chi connectivity index (χ1n) is 15.6. The third-order valence-electron chi connectivity index (χ3n) is 8.43. The average molecular weight is 611 g/mol. The van der Waals surface area contributed by atoms with Crippen molar-refractivity contribution in [3.8, 4) is 0 Å². The highest BCUT2D eigenvalue weighted by Crippen LogP contribution is 2.35. The Morgan fingerprint density at radius 3 is 2.53 bits per heavy atom. The number of ether oxygens (including phenoxy) is 1. The van der Waals surface area contributed by atoms with Crippen molar-refractivity contribution in [3.63, 3.8) is 0 Å². The number of carbonyl (C=O) groups excluding carboxylic acids is 1. The molecule has 0 aliphatic carbocycles. The second kappa shape index (κ2) is 14.0. The van der Waals surface area contributed by atoms with Crippen molar-refractivity contribution in [1.82, 2.24) is 24.8 Å². The van der Waals surface area contributed by atoms with Gasteiger partial charge in [0.05, 0.1) is 36.2 Å². The molecule has 11 nitrogen and oxygen atoms in total. The lowest BCUT2D eigenvalue weighted by Crippen LogP contribution is -2.39. The van der Waals surface area contributed by atoms with Crippen LogP contribution in [0.3, 0.4) is 0 Å². The molecule has 0 radical (unpaired) electrons. The summed E-state index contributed by atoms with van der Waals surface area (Å²) in [5.74, 6) is 1.90. The molecule has 5 heterocycles. The maximum absolute atomic E-state index is 14.1. The van der Waals surface area contributed by atoms with Gasteiger partial charge in [-0.2, -0.15) is 9.61 Å². The second-order valence-corrected chi connectivity index (χ2v) is 12.4. The molecule has 2 aromatic heterocycles. The number of likely N-dealkylation sites (N-methyl/N-ethyl adjacent to an activating group) is 1. The van der Waals surface area contributed by atoms with Crippen molar-refractivity contribution < 1.29 is 13.7 Å². The number of rotatable bonds is 7. The molecule has 43 heavy (non-hydrogen) atoms. The number of morpholine rings is 1. The standard InChI is InChI=1S/C29H40N8O3S.C2H6/c1-20-7-8-23(33-41(3)39)22(16-20)29(38)36-10-5-4-6-25(36)24-17-27-31-26(35-11-9-21(19-35)30-2)18-28(37(27)32-24)34-12-14-40-15-13-34;1-2/h7-8,16-18,21,25,30,33H,4-6,9-15,19H2,1-3H3;1-2H3. The van der Waals surface area contributed by atoms with E-state index in [1.165, 1.54) is 0 Å². The molecule has 3 atom stereocenters. The fourth-order valence-corrected chi connectivity index (χ4v) is 6.71. The number of likely N-dealkylation sites (tertiary alicyclic amines) is 1. The summed E-state index contributed by atoms with van der Waals surface area (Å²) in [6.07, 6.45) is 5.45. The molecule has 234 valence electrons. The number of hydrogen-bond acceptors (Lipinski definition) is 8. The quantitative estimate of drug-likeness (QED) is 0.417. The van der Waals surface area contributed by atoms with Crippen LogP contribution in [0, 0.1) is 6.92 Å². The van der Waals surface area contributed by atoms with Gasteiger partial charge in [-0.25, -0.2) is 9.19 Å². The second-order valence-electron chi connectivity index (χ2n) is 11.2. The number of fused-ring (bicyclic) bond motifs is 1. The lowest BCUT2D eigenvalue weighted by molar-refractivity contribution is 0.0606. The van der Waals surface area contributed by atoms with Crippen molar-refractivity contribution in [2.45, 2.75) is 58.5 Å². The first-order valence-corrected chi connectivity index (χ1v) is 17.1. The predicted octanol–water partition coefficient (Wildman–Crippen LogP) is 3.77. The van der Waals surface area contributed by atoms with Gasteiger partial charge < -0.3 is 29.5 Å². The summed E-state index contributed by atoms with van der Waals surface area (Å²) < 4.78 is 22.5. The number of aryl methyl sites for hydroxylation is 1. The van der Waals surface area contributed by atoms with Crippen molar-refractivity contribution in [1.29, 1.82) is 0 Å². The first kappa shape index (κ1) is 31.2. The summed E-state index contributed by atoms with van der Waals surface area (Å²) >= 11 is 0. The van der Waals surface area contributed by atoms with Gasteiger partial charge in [0, 0.05) is 57.2 Å². The Kier molecular flexibility index (Phi) is 10.2. The van der Waals surface area contributed by atoms with Crippen LogP contribution in [0.2, 0.25) is 0 Å². The van der Waals surface area contributed by atoms with E-state index >= 15 is 0 Å². The molecule has 0 spiro atoms. The SMILES string of the molecule is CC.CNC1CCN(c2cc(N3CCOCC3)n3nc(C4CCCCN4C(=O)c4cc(C)ccc4NS(C)=O)cc3n2)C1. The van der Waals surface area contributed by atoms with Crippen molar-refractivity contribution in [2.75, 3.05) is 73.8 Å². The molecule has 1 amide bonds. The maximum atomic E-state index is 14.1. The number of nitrogens with zero attached hydrogens (tertiary/aromatic N) is 6. The number of carbonyl (C=O) groups is 1. The lowest BCUT2D eigenvalue weighted by Gasteiger charge is -2.35. The molecule has 3 unspecified atom stereocenters. The highest BCUT2D eigenvalue weighted by atomic mass is 32.2. The number of piperidine rings is 1. The van der Waals surface area contributed by atoms with E-state index in [2.05, 4.69) is 32.0 Å². The molecule has 3 saturated heterocycles. The van der Waals surface area contributed by atoms with Crippen molar-refractivity contribution in [2.24, 2.45) is 0 Å². The van der Waals surface area contributed by atoms with E-state index in [4.69, 9.17) is 14.8 Å². The minimum atomic E-state index is -1.29. The van der Waals surface area contributed by atoms with Crippen molar-refractivity contribution >= 4 is 39.9 Å². The Morgan fingerprint density at radius 1 is 1.02 bits per heavy atom. The number of anilines is 3. The van der Waals surface area contributed by atoms with Crippen LogP contribution < -0.4 is 19.8 Å². The summed E-state index contributed by atoms with van der Waals surface area (Å²) in [6, 6.07) is 10.2. The van der Waals surface area contributed by atoms with Crippen LogP contribution >= 0.6 is 0 Å². The molecular formula is C31H46N8O3S. The van der Waals surface area contributed by atoms with E-state index in [9.17, 15) is 9.00 Å². The fourth-order valence-electron chi connectivity index (χ4n) is 6.23. The van der Waals surface area contributed by atoms with Crippen LogP contribution in [0.15, 0.2) is 30.3 Å². The number of nitrogens with one attached hydrogen (secondary N) is 2. The molecule has 1 aromatic carbocycles. The molecule has 12 heteroatoms. The van der Waals surface area contributed by atoms with Gasteiger partial charge in [0.15, 0.2) is 5.65 Å². The molecule has 2 N–H and O–H groups in total. The fraction of sp³-hybridized carbons (Fsp3) is 0.581. The number of benzene rings is 1. The van der Waals surface area contributed by atoms with Gasteiger partial charge in [-0.15, -0.1) is 0 Å². The Labute approximate surface area is 257 Å². The normalized spacial score (nSPS) is 21.5. The molecule has 3 fully saturated rings. The third kappa shape index (κ3) is 6.81. The Bertz CT molecular complexity index is 1440. The van der Waals surface area contributed by atoms with E-state index in [1.807, 2.05) is 55.4 Å². The monoisotopic (exact) mass is 610 g/mol. The largest absolute Gasteiger partial charge is 0.378 e. The minimum Gasteiger partial charge on any atom is -0.378 e. The number of amides is 1. The minimum absolute atomic E-state index is 0.0689. The Hall–Kier alpha value is -3.22. The van der Waals surface area contributed by atoms with Gasteiger partial charge in [-0.1, -0.05) is 25.5 Å². The Balaban J connectivity index is 0.00000180. The highest BCUT2D eigenvalue weighted by Gasteiger charge is 2.33. The zero-order valence-electron chi connectivity index (χ0n) is 26.1. The topological polar surface area (TPSA) is 107 Å². The molecule has 0 saturated carbocycles. The van der Waals surface area contributed by atoms with E-state index in [-0.39, 0.29) is 11.9 Å². The van der Waals surface area contributed by atoms with Gasteiger partial charge in [0.25, 0.3) is 5.91 Å². The molecular weight excluding hydrogens is 564 g/mol. The van der Waals surface area contributed by atoms with Crippen LogP contribution in [0.25, 0.3) is 5.65 Å². The van der Waals surface area contributed by atoms with Gasteiger partial charge in [0.2, 0.25) is 0 Å². The molecule has 0 bridgehead atoms. The third-order valence-corrected chi connectivity index (χ3v) is 8.94. The van der Waals surface area contributed by atoms with Crippen LogP contribution in [-0.4, -0.2) is 94.9 Å². The summed E-state index contributed by atoms with van der Waals surface area (Å²) in [4.78, 5) is 25.7. The van der Waals surface area contributed by atoms with Crippen LogP contribution in [-0.2, 0) is 15.7 Å². The zero-order chi connectivity index (χ0) is 30.5. The average Bonchev–Trinajstić information content (AvgIpc) is 3.70. The maximum Gasteiger partial charge on any atom is 0.256 e. The van der Waals surface area contributed by atoms with Crippen LogP contribution in [0.5, 0.6) is 0 Å².